The summed E-state index contributed by atoms with van der Waals surface area (Å²) in [4.78, 5) is 4.15. The zero-order chi connectivity index (χ0) is 10.3. The lowest BCUT2D eigenvalue weighted by Crippen LogP contribution is -2.13. The molecule has 74 valence electrons. The quantitative estimate of drug-likeness (QED) is 0.621. The summed E-state index contributed by atoms with van der Waals surface area (Å²) in [5.74, 6) is 0. The van der Waals surface area contributed by atoms with Crippen LogP contribution in [0.15, 0.2) is 24.8 Å². The number of aromatic nitrogens is 2. The van der Waals surface area contributed by atoms with Gasteiger partial charge in [0.05, 0.1) is 18.0 Å². The highest BCUT2D eigenvalue weighted by Gasteiger charge is 2.17. The van der Waals surface area contributed by atoms with Gasteiger partial charge in [0.2, 0.25) is 0 Å². The minimum atomic E-state index is 0.204. The first-order chi connectivity index (χ1) is 6.50. The summed E-state index contributed by atoms with van der Waals surface area (Å²) in [6.45, 7) is 8.88. The highest BCUT2D eigenvalue weighted by molar-refractivity contribution is 5.57. The molecule has 2 nitrogen and oxygen atoms in total. The molecular formula is C12H16N2. The van der Waals surface area contributed by atoms with Crippen molar-refractivity contribution in [1.29, 1.82) is 0 Å². The van der Waals surface area contributed by atoms with E-state index in [0.717, 1.165) is 0 Å². The number of hydrogen-bond acceptors (Lipinski definition) is 1. The van der Waals surface area contributed by atoms with E-state index in [1.807, 2.05) is 12.5 Å². The largest absolute Gasteiger partial charge is 0.306 e. The van der Waals surface area contributed by atoms with Crippen LogP contribution in [0.3, 0.4) is 0 Å². The van der Waals surface area contributed by atoms with Crippen LogP contribution in [0.1, 0.15) is 31.9 Å². The molecule has 0 fully saturated rings. The van der Waals surface area contributed by atoms with Crippen LogP contribution in [0, 0.1) is 6.92 Å². The topological polar surface area (TPSA) is 17.3 Å². The summed E-state index contributed by atoms with van der Waals surface area (Å²) in [7, 11) is 0. The van der Waals surface area contributed by atoms with Crippen LogP contribution in [0.4, 0.5) is 0 Å². The second kappa shape index (κ2) is 2.84. The van der Waals surface area contributed by atoms with E-state index in [2.05, 4.69) is 49.3 Å². The molecule has 0 aromatic carbocycles. The van der Waals surface area contributed by atoms with Gasteiger partial charge in [-0.3, -0.25) is 0 Å². The molecule has 0 saturated carbocycles. The Labute approximate surface area is 84.6 Å². The van der Waals surface area contributed by atoms with Crippen molar-refractivity contribution >= 4 is 5.52 Å². The number of fused-ring (bicyclic) bond motifs is 1. The van der Waals surface area contributed by atoms with Crippen LogP contribution >= 0.6 is 0 Å². The maximum atomic E-state index is 4.15. The normalized spacial score (nSPS) is 12.3. The van der Waals surface area contributed by atoms with E-state index in [1.165, 1.54) is 16.6 Å². The van der Waals surface area contributed by atoms with E-state index in [9.17, 15) is 0 Å². The van der Waals surface area contributed by atoms with Gasteiger partial charge < -0.3 is 4.40 Å². The second-order valence-electron chi connectivity index (χ2n) is 4.79. The first-order valence-corrected chi connectivity index (χ1v) is 4.92. The van der Waals surface area contributed by atoms with E-state index < -0.39 is 0 Å². The van der Waals surface area contributed by atoms with Crippen molar-refractivity contribution in [2.45, 2.75) is 33.1 Å². The number of rotatable bonds is 0. The molecule has 0 bridgehead atoms. The smallest absolute Gasteiger partial charge is 0.0992 e. The number of imidazole rings is 1. The first-order valence-electron chi connectivity index (χ1n) is 4.92. The number of aryl methyl sites for hydroxylation is 1. The van der Waals surface area contributed by atoms with E-state index in [4.69, 9.17) is 0 Å². The molecule has 2 rings (SSSR count). The van der Waals surface area contributed by atoms with Gasteiger partial charge in [0.25, 0.3) is 0 Å². The van der Waals surface area contributed by atoms with Gasteiger partial charge in [-0.25, -0.2) is 4.98 Å². The van der Waals surface area contributed by atoms with E-state index in [0.29, 0.717) is 0 Å². The van der Waals surface area contributed by atoms with Gasteiger partial charge >= 0.3 is 0 Å². The van der Waals surface area contributed by atoms with Gasteiger partial charge in [-0.15, -0.1) is 0 Å². The van der Waals surface area contributed by atoms with Crippen molar-refractivity contribution in [2.75, 3.05) is 0 Å². The summed E-state index contributed by atoms with van der Waals surface area (Å²) in [5.41, 5.74) is 4.14. The van der Waals surface area contributed by atoms with Gasteiger partial charge in [0, 0.05) is 6.20 Å². The molecule has 0 aliphatic carbocycles. The fraction of sp³-hybridized carbons (Fsp3) is 0.417. The SMILES string of the molecule is Cc1c(C(C)(C)C)ccn2cncc12. The number of hydrogen-bond donors (Lipinski definition) is 0. The van der Waals surface area contributed by atoms with Gasteiger partial charge in [0.1, 0.15) is 0 Å². The van der Waals surface area contributed by atoms with Crippen molar-refractivity contribution in [1.82, 2.24) is 9.38 Å². The maximum Gasteiger partial charge on any atom is 0.0992 e. The molecule has 0 atom stereocenters. The fourth-order valence-electron chi connectivity index (χ4n) is 1.94. The molecule has 2 heteroatoms. The fourth-order valence-corrected chi connectivity index (χ4v) is 1.94. The zero-order valence-corrected chi connectivity index (χ0v) is 9.20. The van der Waals surface area contributed by atoms with E-state index in [1.54, 1.807) is 0 Å². The van der Waals surface area contributed by atoms with Crippen molar-refractivity contribution in [3.8, 4) is 0 Å². The van der Waals surface area contributed by atoms with Crippen LogP contribution in [-0.4, -0.2) is 9.38 Å². The van der Waals surface area contributed by atoms with Gasteiger partial charge in [-0.1, -0.05) is 20.8 Å². The molecule has 0 spiro atoms. The van der Waals surface area contributed by atoms with Crippen molar-refractivity contribution in [2.24, 2.45) is 0 Å². The van der Waals surface area contributed by atoms with Crippen LogP contribution in [0.5, 0.6) is 0 Å². The predicted molar refractivity (Wildman–Crippen MR) is 58.6 cm³/mol. The summed E-state index contributed by atoms with van der Waals surface area (Å²) < 4.78 is 2.06. The Morgan fingerprint density at radius 2 is 2.00 bits per heavy atom. The Morgan fingerprint density at radius 1 is 1.29 bits per heavy atom. The van der Waals surface area contributed by atoms with Crippen LogP contribution in [0.25, 0.3) is 5.52 Å². The lowest BCUT2D eigenvalue weighted by Gasteiger charge is -2.22. The van der Waals surface area contributed by atoms with Crippen LogP contribution in [0.2, 0.25) is 0 Å². The molecule has 2 aromatic rings. The minimum Gasteiger partial charge on any atom is -0.306 e. The molecule has 0 aliphatic rings. The van der Waals surface area contributed by atoms with Gasteiger partial charge in [-0.2, -0.15) is 0 Å². The third kappa shape index (κ3) is 1.31. The lowest BCUT2D eigenvalue weighted by atomic mass is 9.84. The molecule has 0 unspecified atom stereocenters. The third-order valence-corrected chi connectivity index (χ3v) is 2.66. The lowest BCUT2D eigenvalue weighted by molar-refractivity contribution is 0.586. The molecule has 2 heterocycles. The molecule has 0 amide bonds. The van der Waals surface area contributed by atoms with Crippen molar-refractivity contribution in [3.63, 3.8) is 0 Å². The van der Waals surface area contributed by atoms with Crippen LogP contribution in [-0.2, 0) is 5.41 Å². The summed E-state index contributed by atoms with van der Waals surface area (Å²) in [5, 5.41) is 0. The average Bonchev–Trinajstić information content (AvgIpc) is 2.50. The molecule has 0 aliphatic heterocycles. The maximum absolute atomic E-state index is 4.15. The van der Waals surface area contributed by atoms with Crippen molar-refractivity contribution < 1.29 is 0 Å². The Hall–Kier alpha value is -1.31. The Kier molecular flexibility index (Phi) is 1.88. The second-order valence-corrected chi connectivity index (χ2v) is 4.79. The summed E-state index contributed by atoms with van der Waals surface area (Å²) >= 11 is 0. The molecule has 14 heavy (non-hydrogen) atoms. The minimum absolute atomic E-state index is 0.204. The number of pyridine rings is 1. The average molecular weight is 188 g/mol. The number of nitrogens with zero attached hydrogens (tertiary/aromatic N) is 2. The highest BCUT2D eigenvalue weighted by atomic mass is 15.0. The predicted octanol–water partition coefficient (Wildman–Crippen LogP) is 2.94. The van der Waals surface area contributed by atoms with Gasteiger partial charge in [0.15, 0.2) is 0 Å². The highest BCUT2D eigenvalue weighted by Crippen LogP contribution is 2.27. The van der Waals surface area contributed by atoms with E-state index >= 15 is 0 Å². The Bertz CT molecular complexity index is 461. The first kappa shape index (κ1) is 9.25. The zero-order valence-electron chi connectivity index (χ0n) is 9.20. The molecule has 2 aromatic heterocycles. The molecule has 0 radical (unpaired) electrons. The Morgan fingerprint density at radius 3 is 2.64 bits per heavy atom. The standard InChI is InChI=1S/C12H16N2/c1-9-10(12(2,3)4)5-6-14-8-13-7-11(9)14/h5-8H,1-4H3. The summed E-state index contributed by atoms with van der Waals surface area (Å²) in [6.07, 6.45) is 5.84. The molecular weight excluding hydrogens is 172 g/mol. The Balaban J connectivity index is 2.74. The monoisotopic (exact) mass is 188 g/mol. The molecule has 0 N–H and O–H groups in total. The van der Waals surface area contributed by atoms with E-state index in [-0.39, 0.29) is 5.41 Å². The van der Waals surface area contributed by atoms with Crippen LogP contribution < -0.4 is 0 Å². The summed E-state index contributed by atoms with van der Waals surface area (Å²) in [6, 6.07) is 2.18. The van der Waals surface area contributed by atoms with Gasteiger partial charge in [-0.05, 0) is 29.5 Å². The third-order valence-electron chi connectivity index (χ3n) is 2.66. The van der Waals surface area contributed by atoms with Crippen molar-refractivity contribution in [3.05, 3.63) is 35.9 Å². The molecule has 0 saturated heterocycles.